The van der Waals surface area contributed by atoms with Crippen molar-refractivity contribution in [3.8, 4) is 0 Å². The van der Waals surface area contributed by atoms with Crippen molar-refractivity contribution in [2.24, 2.45) is 7.05 Å². The third-order valence-electron chi connectivity index (χ3n) is 2.03. The summed E-state index contributed by atoms with van der Waals surface area (Å²) in [5.74, 6) is 0.312. The van der Waals surface area contributed by atoms with Crippen molar-refractivity contribution in [3.05, 3.63) is 11.8 Å². The smallest absolute Gasteiger partial charge is 0.185 e. The highest BCUT2D eigenvalue weighted by Gasteiger charge is 2.23. The average molecular weight is 245 g/mol. The van der Waals surface area contributed by atoms with Gasteiger partial charge in [-0.1, -0.05) is 11.8 Å². The highest BCUT2D eigenvalue weighted by molar-refractivity contribution is 8.13. The normalized spacial score (nSPS) is 14.8. The molecular weight excluding hydrogens is 230 g/mol. The average Bonchev–Trinajstić information content (AvgIpc) is 2.53. The van der Waals surface area contributed by atoms with Crippen molar-refractivity contribution in [1.82, 2.24) is 9.78 Å². The van der Waals surface area contributed by atoms with Gasteiger partial charge in [-0.05, 0) is 0 Å². The molecule has 0 bridgehead atoms. The molecule has 6 nitrogen and oxygen atoms in total. The largest absolute Gasteiger partial charge is 0.389 e. The molecule has 0 saturated heterocycles. The first-order chi connectivity index (χ1) is 7.41. The monoisotopic (exact) mass is 245 g/mol. The van der Waals surface area contributed by atoms with Crippen molar-refractivity contribution < 1.29 is 15.0 Å². The van der Waals surface area contributed by atoms with Crippen molar-refractivity contribution in [2.75, 3.05) is 11.5 Å². The number of carbonyl (C=O) groups excluding carboxylic acids is 1. The molecule has 0 radical (unpaired) electrons. The van der Waals surface area contributed by atoms with Gasteiger partial charge >= 0.3 is 0 Å². The fourth-order valence-corrected chi connectivity index (χ4v) is 1.84. The quantitative estimate of drug-likeness (QED) is 0.672. The minimum atomic E-state index is -1.12. The maximum Gasteiger partial charge on any atom is 0.185 e. The zero-order valence-electron chi connectivity index (χ0n) is 9.12. The Labute approximate surface area is 97.4 Å². The molecule has 90 valence electrons. The maximum absolute atomic E-state index is 10.7. The number of nitrogen functional groups attached to an aromatic ring is 1. The molecule has 1 rings (SSSR count). The Kier molecular flexibility index (Phi) is 4.34. The highest BCUT2D eigenvalue weighted by atomic mass is 32.2. The molecule has 7 heteroatoms. The minimum absolute atomic E-state index is 0.106. The van der Waals surface area contributed by atoms with Crippen LogP contribution in [-0.2, 0) is 11.8 Å². The van der Waals surface area contributed by atoms with Crippen LogP contribution < -0.4 is 5.73 Å². The van der Waals surface area contributed by atoms with E-state index in [9.17, 15) is 15.0 Å². The van der Waals surface area contributed by atoms with Gasteiger partial charge in [-0.3, -0.25) is 9.48 Å². The van der Waals surface area contributed by atoms with E-state index in [1.165, 1.54) is 11.6 Å². The van der Waals surface area contributed by atoms with Crippen molar-refractivity contribution in [3.63, 3.8) is 0 Å². The fraction of sp³-hybridized carbons (Fsp3) is 0.556. The summed E-state index contributed by atoms with van der Waals surface area (Å²) in [6, 6.07) is 0. The van der Waals surface area contributed by atoms with Crippen molar-refractivity contribution >= 4 is 22.7 Å². The zero-order chi connectivity index (χ0) is 12.3. The number of rotatable bonds is 4. The Morgan fingerprint density at radius 3 is 2.75 bits per heavy atom. The van der Waals surface area contributed by atoms with Gasteiger partial charge in [-0.25, -0.2) is 0 Å². The van der Waals surface area contributed by atoms with Gasteiger partial charge in [0, 0.05) is 31.5 Å². The van der Waals surface area contributed by atoms with Crippen molar-refractivity contribution in [2.45, 2.75) is 19.1 Å². The maximum atomic E-state index is 10.7. The summed E-state index contributed by atoms with van der Waals surface area (Å²) >= 11 is 0.958. The molecule has 0 spiro atoms. The molecule has 16 heavy (non-hydrogen) atoms. The first-order valence-electron chi connectivity index (χ1n) is 4.70. The van der Waals surface area contributed by atoms with Gasteiger partial charge in [0.05, 0.1) is 6.10 Å². The van der Waals surface area contributed by atoms with Crippen molar-refractivity contribution in [1.29, 1.82) is 0 Å². The van der Waals surface area contributed by atoms with E-state index in [1.54, 1.807) is 13.2 Å². The van der Waals surface area contributed by atoms with Gasteiger partial charge < -0.3 is 15.9 Å². The fourth-order valence-electron chi connectivity index (χ4n) is 1.25. The van der Waals surface area contributed by atoms with E-state index in [4.69, 9.17) is 5.73 Å². The van der Waals surface area contributed by atoms with Crippen LogP contribution in [0.2, 0.25) is 0 Å². The second kappa shape index (κ2) is 5.33. The van der Waals surface area contributed by atoms with Gasteiger partial charge in [0.15, 0.2) is 10.9 Å². The summed E-state index contributed by atoms with van der Waals surface area (Å²) in [5, 5.41) is 23.2. The van der Waals surface area contributed by atoms with Gasteiger partial charge in [-0.2, -0.15) is 5.10 Å². The molecule has 1 aromatic rings. The lowest BCUT2D eigenvalue weighted by atomic mass is 10.1. The number of nitrogens with zero attached hydrogens (tertiary/aromatic N) is 2. The third-order valence-corrected chi connectivity index (χ3v) is 2.94. The van der Waals surface area contributed by atoms with Gasteiger partial charge in [0.1, 0.15) is 6.10 Å². The minimum Gasteiger partial charge on any atom is -0.389 e. The molecule has 2 unspecified atom stereocenters. The van der Waals surface area contributed by atoms with Gasteiger partial charge in [0.2, 0.25) is 0 Å². The summed E-state index contributed by atoms with van der Waals surface area (Å²) in [6.07, 6.45) is -0.622. The summed E-state index contributed by atoms with van der Waals surface area (Å²) in [7, 11) is 1.67. The van der Waals surface area contributed by atoms with E-state index < -0.39 is 12.2 Å². The molecule has 0 aromatic carbocycles. The Morgan fingerprint density at radius 2 is 2.31 bits per heavy atom. The van der Waals surface area contributed by atoms with Crippen LogP contribution in [0.25, 0.3) is 0 Å². The zero-order valence-corrected chi connectivity index (χ0v) is 9.94. The molecule has 2 atom stereocenters. The van der Waals surface area contributed by atoms with Crippen LogP contribution in [0.15, 0.2) is 6.20 Å². The molecule has 1 heterocycles. The van der Waals surface area contributed by atoms with E-state index >= 15 is 0 Å². The lowest BCUT2D eigenvalue weighted by Crippen LogP contribution is -2.21. The number of aliphatic hydroxyl groups is 2. The predicted octanol–water partition coefficient (Wildman–Crippen LogP) is -0.324. The van der Waals surface area contributed by atoms with E-state index in [0.29, 0.717) is 5.56 Å². The van der Waals surface area contributed by atoms with Crippen LogP contribution in [0, 0.1) is 0 Å². The van der Waals surface area contributed by atoms with Crippen LogP contribution >= 0.6 is 11.8 Å². The van der Waals surface area contributed by atoms with E-state index in [2.05, 4.69) is 5.10 Å². The summed E-state index contributed by atoms with van der Waals surface area (Å²) in [5.41, 5.74) is 5.93. The van der Waals surface area contributed by atoms with Gasteiger partial charge in [-0.15, -0.1) is 0 Å². The highest BCUT2D eigenvalue weighted by Crippen LogP contribution is 2.23. The number of nitrogens with two attached hydrogens (primary N) is 1. The second-order valence-electron chi connectivity index (χ2n) is 3.46. The number of thioether (sulfide) groups is 1. The SMILES string of the molecule is CC(=O)SCC(O)C(O)c1cn(C)nc1N. The predicted molar refractivity (Wildman–Crippen MR) is 61.7 cm³/mol. The van der Waals surface area contributed by atoms with E-state index in [0.717, 1.165) is 11.8 Å². The summed E-state index contributed by atoms with van der Waals surface area (Å²) in [4.78, 5) is 10.7. The first kappa shape index (κ1) is 13.0. The summed E-state index contributed by atoms with van der Waals surface area (Å²) in [6.45, 7) is 1.40. The Hall–Kier alpha value is -1.05. The Balaban J connectivity index is 2.66. The summed E-state index contributed by atoms with van der Waals surface area (Å²) < 4.78 is 1.46. The lowest BCUT2D eigenvalue weighted by molar-refractivity contribution is -0.109. The third kappa shape index (κ3) is 3.22. The number of aromatic nitrogens is 2. The molecule has 0 aliphatic rings. The topological polar surface area (TPSA) is 101 Å². The number of anilines is 1. The second-order valence-corrected chi connectivity index (χ2v) is 4.66. The molecular formula is C9H15N3O3S. The first-order valence-corrected chi connectivity index (χ1v) is 5.69. The molecule has 1 aromatic heterocycles. The molecule has 0 amide bonds. The molecule has 0 fully saturated rings. The number of hydrogen-bond acceptors (Lipinski definition) is 6. The standard InChI is InChI=1S/C9H15N3O3S/c1-5(13)16-4-7(14)8(15)6-3-12(2)11-9(6)10/h3,7-8,14-15H,4H2,1-2H3,(H2,10,11). The Bertz CT molecular complexity index is 380. The Morgan fingerprint density at radius 1 is 1.69 bits per heavy atom. The van der Waals surface area contributed by atoms with Crippen LogP contribution in [-0.4, -0.2) is 37.0 Å². The molecule has 0 aliphatic carbocycles. The molecule has 4 N–H and O–H groups in total. The molecule has 0 aliphatic heterocycles. The van der Waals surface area contributed by atoms with Crippen LogP contribution in [0.5, 0.6) is 0 Å². The molecule has 0 saturated carbocycles. The van der Waals surface area contributed by atoms with Crippen LogP contribution in [0.1, 0.15) is 18.6 Å². The number of hydrogen-bond donors (Lipinski definition) is 3. The van der Waals surface area contributed by atoms with Gasteiger partial charge in [0.25, 0.3) is 0 Å². The van der Waals surface area contributed by atoms with Crippen LogP contribution in [0.4, 0.5) is 5.82 Å². The number of aryl methyl sites for hydroxylation is 1. The number of carbonyl (C=O) groups is 1. The van der Waals surface area contributed by atoms with Crippen LogP contribution in [0.3, 0.4) is 0 Å². The lowest BCUT2D eigenvalue weighted by Gasteiger charge is -2.15. The van der Waals surface area contributed by atoms with E-state index in [-0.39, 0.29) is 16.7 Å². The number of aliphatic hydroxyl groups excluding tert-OH is 2. The van der Waals surface area contributed by atoms with E-state index in [1.807, 2.05) is 0 Å².